The van der Waals surface area contributed by atoms with Gasteiger partial charge in [0.1, 0.15) is 17.2 Å². The Morgan fingerprint density at radius 1 is 0.857 bits per heavy atom. The van der Waals surface area contributed by atoms with E-state index in [4.69, 9.17) is 14.2 Å². The molecular formula is C17H18O4. The Balaban J connectivity index is 2.22. The van der Waals surface area contributed by atoms with Gasteiger partial charge in [0.2, 0.25) is 0 Å². The molecule has 0 N–H and O–H groups in total. The number of carbonyl (C=O) groups is 1. The van der Waals surface area contributed by atoms with Crippen molar-refractivity contribution in [1.82, 2.24) is 0 Å². The molecule has 0 aromatic heterocycles. The van der Waals surface area contributed by atoms with Crippen LogP contribution in [0.25, 0.3) is 0 Å². The Labute approximate surface area is 124 Å². The van der Waals surface area contributed by atoms with Gasteiger partial charge in [-0.1, -0.05) is 12.1 Å². The molecule has 0 saturated heterocycles. The fourth-order valence-corrected chi connectivity index (χ4v) is 2.06. The van der Waals surface area contributed by atoms with Crippen LogP contribution in [0.15, 0.2) is 42.5 Å². The number of rotatable bonds is 6. The van der Waals surface area contributed by atoms with Crippen LogP contribution >= 0.6 is 0 Å². The summed E-state index contributed by atoms with van der Waals surface area (Å²) < 4.78 is 15.5. The predicted octanol–water partition coefficient (Wildman–Crippen LogP) is 3.14. The summed E-state index contributed by atoms with van der Waals surface area (Å²) >= 11 is 0. The van der Waals surface area contributed by atoms with E-state index in [2.05, 4.69) is 0 Å². The molecule has 0 heterocycles. The van der Waals surface area contributed by atoms with Gasteiger partial charge < -0.3 is 14.2 Å². The Morgan fingerprint density at radius 2 is 1.48 bits per heavy atom. The summed E-state index contributed by atoms with van der Waals surface area (Å²) in [5, 5.41) is 0. The number of benzene rings is 2. The van der Waals surface area contributed by atoms with Crippen molar-refractivity contribution in [2.45, 2.75) is 6.42 Å². The van der Waals surface area contributed by atoms with E-state index in [1.165, 1.54) is 0 Å². The van der Waals surface area contributed by atoms with Crippen molar-refractivity contribution >= 4 is 5.78 Å². The minimum Gasteiger partial charge on any atom is -0.497 e. The van der Waals surface area contributed by atoms with Crippen LogP contribution in [0, 0.1) is 0 Å². The summed E-state index contributed by atoms with van der Waals surface area (Å²) in [6.45, 7) is 0. The van der Waals surface area contributed by atoms with Gasteiger partial charge in [-0.25, -0.2) is 0 Å². The van der Waals surface area contributed by atoms with Gasteiger partial charge in [0.05, 0.1) is 26.9 Å². The van der Waals surface area contributed by atoms with Crippen LogP contribution in [-0.4, -0.2) is 27.1 Å². The van der Waals surface area contributed by atoms with Gasteiger partial charge in [-0.3, -0.25) is 4.79 Å². The molecule has 0 atom stereocenters. The number of hydrogen-bond donors (Lipinski definition) is 0. The average Bonchev–Trinajstić information content (AvgIpc) is 2.54. The molecule has 0 saturated carbocycles. The van der Waals surface area contributed by atoms with Crippen molar-refractivity contribution < 1.29 is 19.0 Å². The van der Waals surface area contributed by atoms with Crippen molar-refractivity contribution in [1.29, 1.82) is 0 Å². The molecule has 0 radical (unpaired) electrons. The maximum absolute atomic E-state index is 12.4. The molecule has 21 heavy (non-hydrogen) atoms. The van der Waals surface area contributed by atoms with Crippen LogP contribution < -0.4 is 14.2 Å². The molecule has 0 spiro atoms. The molecule has 0 aliphatic heterocycles. The first-order chi connectivity index (χ1) is 10.2. The lowest BCUT2D eigenvalue weighted by atomic mass is 10.0. The minimum absolute atomic E-state index is 0.0177. The maximum Gasteiger partial charge on any atom is 0.171 e. The molecule has 4 heteroatoms. The van der Waals surface area contributed by atoms with Crippen LogP contribution in [-0.2, 0) is 6.42 Å². The summed E-state index contributed by atoms with van der Waals surface area (Å²) in [6.07, 6.45) is 0.299. The second-order valence-electron chi connectivity index (χ2n) is 4.51. The molecule has 0 aliphatic rings. The third-order valence-corrected chi connectivity index (χ3v) is 3.23. The van der Waals surface area contributed by atoms with Gasteiger partial charge in [-0.05, 0) is 35.9 Å². The highest BCUT2D eigenvalue weighted by Crippen LogP contribution is 2.25. The lowest BCUT2D eigenvalue weighted by Gasteiger charge is -2.10. The second-order valence-corrected chi connectivity index (χ2v) is 4.51. The number of carbonyl (C=O) groups excluding carboxylic acids is 1. The zero-order valence-electron chi connectivity index (χ0n) is 12.4. The molecule has 4 nitrogen and oxygen atoms in total. The minimum atomic E-state index is -0.0177. The van der Waals surface area contributed by atoms with Crippen molar-refractivity contribution in [3.8, 4) is 17.2 Å². The molecule has 110 valence electrons. The van der Waals surface area contributed by atoms with Gasteiger partial charge in [0.25, 0.3) is 0 Å². The van der Waals surface area contributed by atoms with Crippen molar-refractivity contribution in [2.24, 2.45) is 0 Å². The molecule has 0 aliphatic carbocycles. The Hall–Kier alpha value is -2.49. The van der Waals surface area contributed by atoms with Crippen molar-refractivity contribution in [2.75, 3.05) is 21.3 Å². The molecule has 0 fully saturated rings. The SMILES string of the molecule is COc1ccc(CC(=O)c2cc(OC)ccc2OC)cc1. The van der Waals surface area contributed by atoms with Crippen molar-refractivity contribution in [3.05, 3.63) is 53.6 Å². The third kappa shape index (κ3) is 3.54. The maximum atomic E-state index is 12.4. The fraction of sp³-hybridized carbons (Fsp3) is 0.235. The Kier molecular flexibility index (Phi) is 4.82. The number of Topliss-reactive ketones (excluding diaryl/α,β-unsaturated/α-hetero) is 1. The van der Waals surface area contributed by atoms with Crippen LogP contribution in [0.2, 0.25) is 0 Å². The largest absolute Gasteiger partial charge is 0.497 e. The number of ether oxygens (including phenoxy) is 3. The second kappa shape index (κ2) is 6.79. The van der Waals surface area contributed by atoms with E-state index in [-0.39, 0.29) is 5.78 Å². The quantitative estimate of drug-likeness (QED) is 0.765. The first kappa shape index (κ1) is 14.9. The highest BCUT2D eigenvalue weighted by Gasteiger charge is 2.14. The Bertz CT molecular complexity index is 617. The summed E-state index contributed by atoms with van der Waals surface area (Å²) in [7, 11) is 4.73. The van der Waals surface area contributed by atoms with Gasteiger partial charge in [-0.2, -0.15) is 0 Å². The molecule has 2 aromatic rings. The zero-order valence-corrected chi connectivity index (χ0v) is 12.4. The standard InChI is InChI=1S/C17H18O4/c1-19-13-6-4-12(5-7-13)10-16(18)15-11-14(20-2)8-9-17(15)21-3/h4-9,11H,10H2,1-3H3. The summed E-state index contributed by atoms with van der Waals surface area (Å²) in [5.41, 5.74) is 1.44. The van der Waals surface area contributed by atoms with Gasteiger partial charge in [-0.15, -0.1) is 0 Å². The van der Waals surface area contributed by atoms with Gasteiger partial charge in [0.15, 0.2) is 5.78 Å². The van der Waals surface area contributed by atoms with Gasteiger partial charge in [0, 0.05) is 6.42 Å². The van der Waals surface area contributed by atoms with Gasteiger partial charge >= 0.3 is 0 Å². The first-order valence-corrected chi connectivity index (χ1v) is 6.56. The topological polar surface area (TPSA) is 44.8 Å². The van der Waals surface area contributed by atoms with E-state index >= 15 is 0 Å². The van der Waals surface area contributed by atoms with Crippen LogP contribution in [0.5, 0.6) is 17.2 Å². The van der Waals surface area contributed by atoms with Crippen LogP contribution in [0.4, 0.5) is 0 Å². The van der Waals surface area contributed by atoms with E-state index < -0.39 is 0 Å². The molecule has 0 amide bonds. The summed E-state index contributed by atoms with van der Waals surface area (Å²) in [5.74, 6) is 1.93. The summed E-state index contributed by atoms with van der Waals surface area (Å²) in [4.78, 5) is 12.4. The first-order valence-electron chi connectivity index (χ1n) is 6.56. The van der Waals surface area contributed by atoms with Crippen molar-refractivity contribution in [3.63, 3.8) is 0 Å². The van der Waals surface area contributed by atoms with E-state index in [0.717, 1.165) is 11.3 Å². The number of ketones is 1. The molecule has 0 unspecified atom stereocenters. The highest BCUT2D eigenvalue weighted by molar-refractivity contribution is 6.00. The van der Waals surface area contributed by atoms with Crippen LogP contribution in [0.1, 0.15) is 15.9 Å². The van der Waals surface area contributed by atoms with E-state index in [1.54, 1.807) is 39.5 Å². The fourth-order valence-electron chi connectivity index (χ4n) is 2.06. The monoisotopic (exact) mass is 286 g/mol. The molecule has 2 rings (SSSR count). The smallest absolute Gasteiger partial charge is 0.171 e. The lowest BCUT2D eigenvalue weighted by Crippen LogP contribution is -2.06. The molecular weight excluding hydrogens is 268 g/mol. The molecule has 2 aromatic carbocycles. The number of hydrogen-bond acceptors (Lipinski definition) is 4. The highest BCUT2D eigenvalue weighted by atomic mass is 16.5. The average molecular weight is 286 g/mol. The lowest BCUT2D eigenvalue weighted by molar-refractivity contribution is 0.0989. The van der Waals surface area contributed by atoms with E-state index in [0.29, 0.717) is 23.5 Å². The third-order valence-electron chi connectivity index (χ3n) is 3.23. The Morgan fingerprint density at radius 3 is 2.05 bits per heavy atom. The van der Waals surface area contributed by atoms with Crippen LogP contribution in [0.3, 0.4) is 0 Å². The van der Waals surface area contributed by atoms with E-state index in [9.17, 15) is 4.79 Å². The number of methoxy groups -OCH3 is 3. The van der Waals surface area contributed by atoms with E-state index in [1.807, 2.05) is 24.3 Å². The molecule has 0 bridgehead atoms. The zero-order chi connectivity index (χ0) is 15.2. The predicted molar refractivity (Wildman–Crippen MR) is 80.6 cm³/mol. The summed E-state index contributed by atoms with van der Waals surface area (Å²) in [6, 6.07) is 12.6. The normalized spacial score (nSPS) is 10.0.